The van der Waals surface area contributed by atoms with Crippen LogP contribution in [0.15, 0.2) is 0 Å². The van der Waals surface area contributed by atoms with Gasteiger partial charge in [-0.2, -0.15) is 0 Å². The highest BCUT2D eigenvalue weighted by Gasteiger charge is 2.42. The quantitative estimate of drug-likeness (QED) is 0.820. The van der Waals surface area contributed by atoms with Crippen LogP contribution in [0, 0.1) is 17.3 Å². The predicted octanol–water partition coefficient (Wildman–Crippen LogP) is 2.14. The average molecular weight is 253 g/mol. The van der Waals surface area contributed by atoms with Crippen LogP contribution < -0.4 is 0 Å². The van der Waals surface area contributed by atoms with Crippen LogP contribution >= 0.6 is 0 Å². The lowest BCUT2D eigenvalue weighted by molar-refractivity contribution is -0.147. The number of carbonyl (C=O) groups is 2. The number of likely N-dealkylation sites (tertiary alicyclic amines) is 1. The molecule has 0 aromatic heterocycles. The number of carboxylic acid groups (broad SMARTS) is 1. The molecule has 0 spiro atoms. The van der Waals surface area contributed by atoms with Crippen molar-refractivity contribution in [3.8, 4) is 0 Å². The van der Waals surface area contributed by atoms with Gasteiger partial charge >= 0.3 is 5.97 Å². The zero-order valence-electron chi connectivity index (χ0n) is 11.3. The van der Waals surface area contributed by atoms with E-state index in [2.05, 4.69) is 13.8 Å². The first kappa shape index (κ1) is 13.4. The third kappa shape index (κ3) is 2.52. The first-order valence-electron chi connectivity index (χ1n) is 6.93. The van der Waals surface area contributed by atoms with Gasteiger partial charge in [0.05, 0.1) is 5.92 Å². The third-order valence-corrected chi connectivity index (χ3v) is 4.64. The molecule has 1 saturated heterocycles. The molecule has 1 heterocycles. The fourth-order valence-corrected chi connectivity index (χ4v) is 3.38. The molecule has 1 saturated carbocycles. The predicted molar refractivity (Wildman–Crippen MR) is 68.1 cm³/mol. The largest absolute Gasteiger partial charge is 0.481 e. The van der Waals surface area contributed by atoms with Crippen LogP contribution in [0.25, 0.3) is 0 Å². The van der Waals surface area contributed by atoms with Gasteiger partial charge in [0.1, 0.15) is 0 Å². The number of nitrogens with zero attached hydrogens (tertiary/aromatic N) is 1. The highest BCUT2D eigenvalue weighted by atomic mass is 16.4. The Morgan fingerprint density at radius 3 is 2.50 bits per heavy atom. The second kappa shape index (κ2) is 4.90. The minimum absolute atomic E-state index is 0.0766. The molecule has 1 aliphatic carbocycles. The Bertz CT molecular complexity index is 351. The number of carboxylic acids is 1. The van der Waals surface area contributed by atoms with Crippen molar-refractivity contribution < 1.29 is 14.7 Å². The van der Waals surface area contributed by atoms with E-state index in [1.165, 1.54) is 0 Å². The van der Waals surface area contributed by atoms with Crippen LogP contribution in [0.4, 0.5) is 0 Å². The lowest BCUT2D eigenvalue weighted by atomic mass is 9.80. The van der Waals surface area contributed by atoms with Crippen LogP contribution in [0.3, 0.4) is 0 Å². The van der Waals surface area contributed by atoms with Crippen molar-refractivity contribution >= 4 is 11.9 Å². The molecule has 0 aromatic carbocycles. The summed E-state index contributed by atoms with van der Waals surface area (Å²) in [5, 5.41) is 9.07. The zero-order chi connectivity index (χ0) is 13.3. The van der Waals surface area contributed by atoms with Crippen molar-refractivity contribution in [1.82, 2.24) is 4.90 Å². The maximum absolute atomic E-state index is 12.5. The molecule has 0 bridgehead atoms. The van der Waals surface area contributed by atoms with Crippen LogP contribution in [-0.4, -0.2) is 35.0 Å². The van der Waals surface area contributed by atoms with Gasteiger partial charge in [-0.3, -0.25) is 9.59 Å². The fraction of sp³-hybridized carbons (Fsp3) is 0.857. The summed E-state index contributed by atoms with van der Waals surface area (Å²) in [7, 11) is 0. The minimum Gasteiger partial charge on any atom is -0.481 e. The van der Waals surface area contributed by atoms with Gasteiger partial charge in [0.25, 0.3) is 0 Å². The Balaban J connectivity index is 2.03. The molecule has 2 unspecified atom stereocenters. The van der Waals surface area contributed by atoms with Gasteiger partial charge in [-0.15, -0.1) is 0 Å². The molecule has 1 aliphatic heterocycles. The van der Waals surface area contributed by atoms with Gasteiger partial charge in [0.15, 0.2) is 0 Å². The zero-order valence-corrected chi connectivity index (χ0v) is 11.3. The molecule has 0 radical (unpaired) electrons. The van der Waals surface area contributed by atoms with E-state index in [-0.39, 0.29) is 23.2 Å². The Morgan fingerprint density at radius 1 is 1.22 bits per heavy atom. The van der Waals surface area contributed by atoms with E-state index in [1.807, 2.05) is 0 Å². The Labute approximate surface area is 108 Å². The van der Waals surface area contributed by atoms with Crippen LogP contribution in [0.5, 0.6) is 0 Å². The van der Waals surface area contributed by atoms with Crippen LogP contribution in [0.1, 0.15) is 46.0 Å². The Kier molecular flexibility index (Phi) is 3.64. The van der Waals surface area contributed by atoms with E-state index in [4.69, 9.17) is 5.11 Å². The van der Waals surface area contributed by atoms with Gasteiger partial charge in [-0.05, 0) is 31.1 Å². The molecule has 2 atom stereocenters. The van der Waals surface area contributed by atoms with Crippen molar-refractivity contribution in [2.75, 3.05) is 13.1 Å². The van der Waals surface area contributed by atoms with Crippen molar-refractivity contribution in [2.45, 2.75) is 46.0 Å². The van der Waals surface area contributed by atoms with E-state index in [1.54, 1.807) is 4.90 Å². The second-order valence-electron chi connectivity index (χ2n) is 6.40. The molecule has 4 heteroatoms. The van der Waals surface area contributed by atoms with Gasteiger partial charge < -0.3 is 10.0 Å². The first-order valence-corrected chi connectivity index (χ1v) is 6.93. The summed E-state index contributed by atoms with van der Waals surface area (Å²) in [6.45, 7) is 5.44. The molecule has 102 valence electrons. The fourth-order valence-electron chi connectivity index (χ4n) is 3.38. The van der Waals surface area contributed by atoms with Crippen molar-refractivity contribution in [3.05, 3.63) is 0 Å². The highest BCUT2D eigenvalue weighted by molar-refractivity contribution is 5.81. The molecule has 4 nitrogen and oxygen atoms in total. The van der Waals surface area contributed by atoms with Crippen molar-refractivity contribution in [3.63, 3.8) is 0 Å². The number of hydrogen-bond donors (Lipinski definition) is 1. The summed E-state index contributed by atoms with van der Waals surface area (Å²) in [4.78, 5) is 25.3. The lowest BCUT2D eigenvalue weighted by Gasteiger charge is -2.36. The SMILES string of the molecule is CC1(C)CCCC1C(=O)N1CCCC(C(=O)O)C1. The summed E-state index contributed by atoms with van der Waals surface area (Å²) >= 11 is 0. The number of rotatable bonds is 2. The topological polar surface area (TPSA) is 57.6 Å². The van der Waals surface area contributed by atoms with Crippen LogP contribution in [-0.2, 0) is 9.59 Å². The first-order chi connectivity index (χ1) is 8.42. The van der Waals surface area contributed by atoms with E-state index >= 15 is 0 Å². The number of hydrogen-bond acceptors (Lipinski definition) is 2. The number of piperidine rings is 1. The van der Waals surface area contributed by atoms with Gasteiger partial charge in [0.2, 0.25) is 5.91 Å². The molecular weight excluding hydrogens is 230 g/mol. The Hall–Kier alpha value is -1.06. The molecular formula is C14H23NO3. The second-order valence-corrected chi connectivity index (χ2v) is 6.40. The summed E-state index contributed by atoms with van der Waals surface area (Å²) in [6, 6.07) is 0. The summed E-state index contributed by atoms with van der Waals surface area (Å²) in [5.41, 5.74) is 0.0766. The third-order valence-electron chi connectivity index (χ3n) is 4.64. The van der Waals surface area contributed by atoms with Crippen molar-refractivity contribution in [2.24, 2.45) is 17.3 Å². The Morgan fingerprint density at radius 2 is 1.94 bits per heavy atom. The normalized spacial score (nSPS) is 31.3. The lowest BCUT2D eigenvalue weighted by Crippen LogP contribution is -2.46. The number of amides is 1. The van der Waals surface area contributed by atoms with Crippen molar-refractivity contribution in [1.29, 1.82) is 0 Å². The average Bonchev–Trinajstić information content (AvgIpc) is 2.68. The summed E-state index contributed by atoms with van der Waals surface area (Å²) in [6.07, 6.45) is 4.68. The summed E-state index contributed by atoms with van der Waals surface area (Å²) in [5.74, 6) is -0.862. The standard InChI is InChI=1S/C14H23NO3/c1-14(2)7-3-6-11(14)12(16)15-8-4-5-10(9-15)13(17)18/h10-11H,3-9H2,1-2H3,(H,17,18). The number of aliphatic carboxylic acids is 1. The van der Waals surface area contributed by atoms with Gasteiger partial charge in [0, 0.05) is 19.0 Å². The summed E-state index contributed by atoms with van der Waals surface area (Å²) < 4.78 is 0. The monoisotopic (exact) mass is 253 g/mol. The molecule has 1 amide bonds. The van der Waals surface area contributed by atoms with Gasteiger partial charge in [-0.1, -0.05) is 20.3 Å². The number of carbonyl (C=O) groups excluding carboxylic acids is 1. The minimum atomic E-state index is -0.766. The van der Waals surface area contributed by atoms with E-state index in [9.17, 15) is 9.59 Å². The van der Waals surface area contributed by atoms with E-state index in [0.29, 0.717) is 13.0 Å². The van der Waals surface area contributed by atoms with E-state index in [0.717, 1.165) is 32.2 Å². The maximum atomic E-state index is 12.5. The smallest absolute Gasteiger partial charge is 0.308 e. The molecule has 1 N–H and O–H groups in total. The molecule has 2 aliphatic rings. The molecule has 2 rings (SSSR count). The molecule has 2 fully saturated rings. The van der Waals surface area contributed by atoms with Gasteiger partial charge in [-0.25, -0.2) is 0 Å². The highest BCUT2D eigenvalue weighted by Crippen LogP contribution is 2.43. The maximum Gasteiger partial charge on any atom is 0.308 e. The van der Waals surface area contributed by atoms with Crippen LogP contribution in [0.2, 0.25) is 0 Å². The molecule has 0 aromatic rings. The molecule has 18 heavy (non-hydrogen) atoms. The van der Waals surface area contributed by atoms with E-state index < -0.39 is 5.97 Å².